The first-order chi connectivity index (χ1) is 9.93. The summed E-state index contributed by atoms with van der Waals surface area (Å²) in [7, 11) is 2.97. The van der Waals surface area contributed by atoms with Crippen molar-refractivity contribution < 1.29 is 14.3 Å². The smallest absolute Gasteiger partial charge is 0.313 e. The van der Waals surface area contributed by atoms with Crippen molar-refractivity contribution in [2.24, 2.45) is 11.1 Å². The minimum Gasteiger partial charge on any atom is -0.496 e. The molecule has 2 aromatic carbocycles. The van der Waals surface area contributed by atoms with E-state index < -0.39 is 11.5 Å². The van der Waals surface area contributed by atoms with Crippen LogP contribution in [0.2, 0.25) is 0 Å². The van der Waals surface area contributed by atoms with Gasteiger partial charge in [-0.25, -0.2) is 0 Å². The molecule has 4 nitrogen and oxygen atoms in total. The van der Waals surface area contributed by atoms with E-state index in [1.807, 2.05) is 36.4 Å². The highest BCUT2D eigenvalue weighted by Crippen LogP contribution is 2.40. The summed E-state index contributed by atoms with van der Waals surface area (Å²) in [6.45, 7) is 3.56. The van der Waals surface area contributed by atoms with Crippen LogP contribution < -0.4 is 10.5 Å². The highest BCUT2D eigenvalue weighted by molar-refractivity contribution is 5.89. The van der Waals surface area contributed by atoms with Crippen molar-refractivity contribution in [1.29, 1.82) is 0 Å². The van der Waals surface area contributed by atoms with Crippen LogP contribution in [-0.2, 0) is 9.53 Å². The van der Waals surface area contributed by atoms with Gasteiger partial charge in [0.2, 0.25) is 0 Å². The number of methoxy groups -OCH3 is 2. The number of hydrogen-bond acceptors (Lipinski definition) is 4. The maximum atomic E-state index is 12.0. The Morgan fingerprint density at radius 2 is 1.81 bits per heavy atom. The number of fused-ring (bicyclic) bond motifs is 1. The van der Waals surface area contributed by atoms with E-state index in [1.54, 1.807) is 21.0 Å². The highest BCUT2D eigenvalue weighted by atomic mass is 16.5. The lowest BCUT2D eigenvalue weighted by Gasteiger charge is -2.30. The summed E-state index contributed by atoms with van der Waals surface area (Å²) in [4.78, 5) is 12.0. The lowest BCUT2D eigenvalue weighted by Crippen LogP contribution is -2.37. The van der Waals surface area contributed by atoms with Crippen molar-refractivity contribution in [2.45, 2.75) is 19.9 Å². The molecular formula is C17H21NO3. The molecule has 0 radical (unpaired) electrons. The van der Waals surface area contributed by atoms with Gasteiger partial charge in [0.1, 0.15) is 5.75 Å². The summed E-state index contributed by atoms with van der Waals surface area (Å²) in [5, 5.41) is 2.05. The van der Waals surface area contributed by atoms with Gasteiger partial charge in [0.15, 0.2) is 0 Å². The van der Waals surface area contributed by atoms with Crippen molar-refractivity contribution in [3.8, 4) is 5.75 Å². The lowest BCUT2D eigenvalue weighted by atomic mass is 9.79. The monoisotopic (exact) mass is 287 g/mol. The van der Waals surface area contributed by atoms with Crippen molar-refractivity contribution in [3.05, 3.63) is 42.0 Å². The fourth-order valence-electron chi connectivity index (χ4n) is 2.53. The molecule has 2 aromatic rings. The quantitative estimate of drug-likeness (QED) is 0.878. The summed E-state index contributed by atoms with van der Waals surface area (Å²) in [6, 6.07) is 11.2. The van der Waals surface area contributed by atoms with Crippen LogP contribution in [0.4, 0.5) is 0 Å². The number of carbonyl (C=O) groups excluding carboxylic acids is 1. The molecule has 112 valence electrons. The Hall–Kier alpha value is -2.07. The van der Waals surface area contributed by atoms with Crippen LogP contribution in [0.5, 0.6) is 5.75 Å². The minimum atomic E-state index is -0.855. The van der Waals surface area contributed by atoms with Gasteiger partial charge in [0, 0.05) is 11.6 Å². The average Bonchev–Trinajstić information content (AvgIpc) is 2.51. The molecule has 1 atom stereocenters. The molecule has 0 heterocycles. The van der Waals surface area contributed by atoms with Gasteiger partial charge in [-0.1, -0.05) is 30.3 Å². The van der Waals surface area contributed by atoms with Crippen LogP contribution in [0, 0.1) is 5.41 Å². The number of ether oxygens (including phenoxy) is 2. The van der Waals surface area contributed by atoms with Crippen LogP contribution in [0.1, 0.15) is 25.5 Å². The molecule has 0 saturated heterocycles. The first-order valence-electron chi connectivity index (χ1n) is 6.83. The lowest BCUT2D eigenvalue weighted by molar-refractivity contribution is -0.152. The highest BCUT2D eigenvalue weighted by Gasteiger charge is 2.38. The number of hydrogen-bond donors (Lipinski definition) is 1. The van der Waals surface area contributed by atoms with Crippen LogP contribution in [-0.4, -0.2) is 20.2 Å². The zero-order valence-electron chi connectivity index (χ0n) is 12.8. The van der Waals surface area contributed by atoms with E-state index in [0.717, 1.165) is 16.3 Å². The number of carbonyl (C=O) groups is 1. The SMILES string of the molecule is COC(=O)C(C)(C)[C@@H](N)c1c(OC)ccc2ccccc12. The zero-order chi connectivity index (χ0) is 15.6. The molecule has 0 bridgehead atoms. The van der Waals surface area contributed by atoms with Gasteiger partial charge in [-0.15, -0.1) is 0 Å². The molecule has 0 aliphatic rings. The molecule has 21 heavy (non-hydrogen) atoms. The molecule has 0 aromatic heterocycles. The van der Waals surface area contributed by atoms with Crippen molar-refractivity contribution in [1.82, 2.24) is 0 Å². The van der Waals surface area contributed by atoms with E-state index >= 15 is 0 Å². The summed E-state index contributed by atoms with van der Waals surface area (Å²) in [5.41, 5.74) is 6.38. The number of rotatable bonds is 4. The first-order valence-corrected chi connectivity index (χ1v) is 6.83. The summed E-state index contributed by atoms with van der Waals surface area (Å²) in [5.74, 6) is 0.336. The van der Waals surface area contributed by atoms with Crippen LogP contribution >= 0.6 is 0 Å². The second kappa shape index (κ2) is 5.74. The Morgan fingerprint density at radius 1 is 1.14 bits per heavy atom. The average molecular weight is 287 g/mol. The van der Waals surface area contributed by atoms with Crippen molar-refractivity contribution in [2.75, 3.05) is 14.2 Å². The van der Waals surface area contributed by atoms with Gasteiger partial charge in [-0.2, -0.15) is 0 Å². The topological polar surface area (TPSA) is 61.5 Å². The normalized spacial score (nSPS) is 13.0. The van der Waals surface area contributed by atoms with E-state index in [4.69, 9.17) is 15.2 Å². The predicted molar refractivity (Wildman–Crippen MR) is 83.2 cm³/mol. The maximum absolute atomic E-state index is 12.0. The van der Waals surface area contributed by atoms with Crippen molar-refractivity contribution in [3.63, 3.8) is 0 Å². The van der Waals surface area contributed by atoms with Crippen LogP contribution in [0.15, 0.2) is 36.4 Å². The third-order valence-corrected chi connectivity index (χ3v) is 3.95. The zero-order valence-corrected chi connectivity index (χ0v) is 12.8. The Bertz CT molecular complexity index is 664. The summed E-state index contributed by atoms with van der Waals surface area (Å²) < 4.78 is 10.3. The molecule has 4 heteroatoms. The molecular weight excluding hydrogens is 266 g/mol. The first kappa shape index (κ1) is 15.3. The number of esters is 1. The Morgan fingerprint density at radius 3 is 2.43 bits per heavy atom. The number of nitrogens with two attached hydrogens (primary N) is 1. The second-order valence-electron chi connectivity index (χ2n) is 5.59. The van der Waals surface area contributed by atoms with E-state index in [1.165, 1.54) is 7.11 Å². The predicted octanol–water partition coefficient (Wildman–Crippen LogP) is 3.05. The molecule has 0 fully saturated rings. The van der Waals surface area contributed by atoms with Gasteiger partial charge >= 0.3 is 5.97 Å². The molecule has 0 spiro atoms. The Balaban J connectivity index is 2.66. The van der Waals surface area contributed by atoms with E-state index in [-0.39, 0.29) is 5.97 Å². The van der Waals surface area contributed by atoms with Gasteiger partial charge in [-0.05, 0) is 30.7 Å². The molecule has 0 saturated carbocycles. The van der Waals surface area contributed by atoms with Gasteiger partial charge in [0.05, 0.1) is 19.6 Å². The second-order valence-corrected chi connectivity index (χ2v) is 5.59. The van der Waals surface area contributed by atoms with E-state index in [0.29, 0.717) is 5.75 Å². The van der Waals surface area contributed by atoms with Crippen LogP contribution in [0.3, 0.4) is 0 Å². The Labute approximate surface area is 124 Å². The van der Waals surface area contributed by atoms with Gasteiger partial charge < -0.3 is 15.2 Å². The third-order valence-electron chi connectivity index (χ3n) is 3.95. The van der Waals surface area contributed by atoms with Crippen LogP contribution in [0.25, 0.3) is 10.8 Å². The van der Waals surface area contributed by atoms with E-state index in [2.05, 4.69) is 0 Å². The van der Waals surface area contributed by atoms with Crippen molar-refractivity contribution >= 4 is 16.7 Å². The minimum absolute atomic E-state index is 0.343. The largest absolute Gasteiger partial charge is 0.496 e. The van der Waals surface area contributed by atoms with E-state index in [9.17, 15) is 4.79 Å². The fraction of sp³-hybridized carbons (Fsp3) is 0.353. The molecule has 0 aliphatic carbocycles. The van der Waals surface area contributed by atoms with Gasteiger partial charge in [0.25, 0.3) is 0 Å². The number of benzene rings is 2. The summed E-state index contributed by atoms with van der Waals surface area (Å²) in [6.07, 6.45) is 0. The Kier molecular flexibility index (Phi) is 4.19. The molecule has 0 aliphatic heterocycles. The molecule has 2 rings (SSSR count). The molecule has 0 amide bonds. The van der Waals surface area contributed by atoms with Gasteiger partial charge in [-0.3, -0.25) is 4.79 Å². The fourth-order valence-corrected chi connectivity index (χ4v) is 2.53. The molecule has 2 N–H and O–H groups in total. The maximum Gasteiger partial charge on any atom is 0.313 e. The molecule has 0 unspecified atom stereocenters. The summed E-state index contributed by atoms with van der Waals surface area (Å²) >= 11 is 0. The third kappa shape index (κ3) is 2.59. The standard InChI is InChI=1S/C17H21NO3/c1-17(2,16(19)21-4)15(18)14-12-8-6-5-7-11(12)9-10-13(14)20-3/h5-10,15H,18H2,1-4H3/t15-/m0/s1.